The molecule has 2 aromatic rings. The van der Waals surface area contributed by atoms with Gasteiger partial charge in [-0.2, -0.15) is 0 Å². The average Bonchev–Trinajstić information content (AvgIpc) is 2.89. The third-order valence-corrected chi connectivity index (χ3v) is 4.44. The lowest BCUT2D eigenvalue weighted by molar-refractivity contribution is -0.123. The average molecular weight is 308 g/mol. The highest BCUT2D eigenvalue weighted by atomic mass is 35.5. The Kier molecular flexibility index (Phi) is 3.87. The van der Waals surface area contributed by atoms with Crippen molar-refractivity contribution in [3.8, 4) is 0 Å². The van der Waals surface area contributed by atoms with Crippen LogP contribution < -0.4 is 5.73 Å². The predicted molar refractivity (Wildman–Crippen MR) is 81.2 cm³/mol. The van der Waals surface area contributed by atoms with E-state index >= 15 is 0 Å². The van der Waals surface area contributed by atoms with Crippen LogP contribution in [0.5, 0.6) is 0 Å². The topological polar surface area (TPSA) is 72.4 Å². The van der Waals surface area contributed by atoms with E-state index in [1.165, 1.54) is 0 Å². The Labute approximate surface area is 128 Å². The second kappa shape index (κ2) is 5.66. The number of likely N-dealkylation sites (tertiary alicyclic amines) is 1. The van der Waals surface area contributed by atoms with Gasteiger partial charge < -0.3 is 10.2 Å². The number of primary amides is 1. The number of carbonyl (C=O) groups excluding carboxylic acids is 1. The Morgan fingerprint density at radius 1 is 1.48 bits per heavy atom. The molecular weight excluding hydrogens is 290 g/mol. The zero-order valence-electron chi connectivity index (χ0n) is 11.9. The SMILES string of the molecule is C[C@H](C(N)=O)N1CCC(c2nc3cc(Cl)ccc3o2)CC1. The molecule has 0 unspecified atom stereocenters. The van der Waals surface area contributed by atoms with E-state index in [-0.39, 0.29) is 17.9 Å². The number of hydrogen-bond donors (Lipinski definition) is 1. The van der Waals surface area contributed by atoms with Gasteiger partial charge in [0.1, 0.15) is 5.52 Å². The molecule has 6 heteroatoms. The monoisotopic (exact) mass is 307 g/mol. The van der Waals surface area contributed by atoms with E-state index in [0.717, 1.165) is 42.9 Å². The molecule has 0 bridgehead atoms. The molecule has 112 valence electrons. The predicted octanol–water partition coefficient (Wildman–Crippen LogP) is 2.53. The second-order valence-corrected chi connectivity index (χ2v) is 5.99. The van der Waals surface area contributed by atoms with Crippen molar-refractivity contribution in [2.45, 2.75) is 31.7 Å². The number of hydrogen-bond acceptors (Lipinski definition) is 4. The van der Waals surface area contributed by atoms with Crippen molar-refractivity contribution < 1.29 is 9.21 Å². The maximum absolute atomic E-state index is 11.2. The first-order valence-corrected chi connectivity index (χ1v) is 7.52. The minimum absolute atomic E-state index is 0.214. The molecule has 0 saturated carbocycles. The van der Waals surface area contributed by atoms with Gasteiger partial charge >= 0.3 is 0 Å². The van der Waals surface area contributed by atoms with Crippen LogP contribution in [0.2, 0.25) is 5.02 Å². The van der Waals surface area contributed by atoms with Gasteiger partial charge in [0.15, 0.2) is 11.5 Å². The third kappa shape index (κ3) is 2.89. The number of carbonyl (C=O) groups is 1. The summed E-state index contributed by atoms with van der Waals surface area (Å²) in [6, 6.07) is 5.25. The number of fused-ring (bicyclic) bond motifs is 1. The van der Waals surface area contributed by atoms with Gasteiger partial charge in [0, 0.05) is 10.9 Å². The number of oxazole rings is 1. The molecule has 3 rings (SSSR count). The lowest BCUT2D eigenvalue weighted by Gasteiger charge is -2.33. The number of rotatable bonds is 3. The van der Waals surface area contributed by atoms with Gasteiger partial charge in [0.25, 0.3) is 0 Å². The molecule has 1 amide bonds. The van der Waals surface area contributed by atoms with Crippen molar-refractivity contribution >= 4 is 28.6 Å². The fraction of sp³-hybridized carbons (Fsp3) is 0.467. The quantitative estimate of drug-likeness (QED) is 0.945. The molecule has 2 N–H and O–H groups in total. The van der Waals surface area contributed by atoms with Gasteiger partial charge in [-0.15, -0.1) is 0 Å². The molecule has 1 aliphatic heterocycles. The van der Waals surface area contributed by atoms with Gasteiger partial charge in [0.2, 0.25) is 5.91 Å². The largest absolute Gasteiger partial charge is 0.440 e. The summed E-state index contributed by atoms with van der Waals surface area (Å²) in [6.45, 7) is 3.51. The fourth-order valence-electron chi connectivity index (χ4n) is 2.81. The van der Waals surface area contributed by atoms with Crippen LogP contribution in [0.4, 0.5) is 0 Å². The summed E-state index contributed by atoms with van der Waals surface area (Å²) in [5.74, 6) is 0.774. The van der Waals surface area contributed by atoms with Gasteiger partial charge in [-0.05, 0) is 51.1 Å². The molecule has 1 atom stereocenters. The number of benzene rings is 1. The fourth-order valence-corrected chi connectivity index (χ4v) is 2.97. The summed E-state index contributed by atoms with van der Waals surface area (Å²) in [7, 11) is 0. The molecule has 1 aromatic carbocycles. The lowest BCUT2D eigenvalue weighted by Crippen LogP contribution is -2.46. The molecule has 5 nitrogen and oxygen atoms in total. The Bertz CT molecular complexity index is 662. The molecule has 1 aromatic heterocycles. The van der Waals surface area contributed by atoms with E-state index in [4.69, 9.17) is 21.8 Å². The summed E-state index contributed by atoms with van der Waals surface area (Å²) in [5.41, 5.74) is 6.92. The third-order valence-electron chi connectivity index (χ3n) is 4.20. The highest BCUT2D eigenvalue weighted by molar-refractivity contribution is 6.31. The first-order valence-electron chi connectivity index (χ1n) is 7.14. The van der Waals surface area contributed by atoms with Crippen LogP contribution in [0.1, 0.15) is 31.6 Å². The Hall–Kier alpha value is -1.59. The first-order chi connectivity index (χ1) is 10.0. The number of aromatic nitrogens is 1. The summed E-state index contributed by atoms with van der Waals surface area (Å²) in [5, 5.41) is 0.660. The molecule has 0 spiro atoms. The maximum atomic E-state index is 11.2. The molecule has 21 heavy (non-hydrogen) atoms. The minimum atomic E-state index is -0.273. The molecule has 0 aliphatic carbocycles. The highest BCUT2D eigenvalue weighted by Gasteiger charge is 2.28. The van der Waals surface area contributed by atoms with Crippen molar-refractivity contribution in [2.24, 2.45) is 5.73 Å². The van der Waals surface area contributed by atoms with Crippen LogP contribution in [-0.4, -0.2) is 34.9 Å². The van der Waals surface area contributed by atoms with Crippen molar-refractivity contribution in [1.29, 1.82) is 0 Å². The Balaban J connectivity index is 1.72. The van der Waals surface area contributed by atoms with Gasteiger partial charge in [-0.3, -0.25) is 9.69 Å². The van der Waals surface area contributed by atoms with Crippen molar-refractivity contribution in [3.05, 3.63) is 29.1 Å². The van der Waals surface area contributed by atoms with Crippen LogP contribution in [-0.2, 0) is 4.79 Å². The van der Waals surface area contributed by atoms with Crippen LogP contribution in [0, 0.1) is 0 Å². The molecule has 1 fully saturated rings. The van der Waals surface area contributed by atoms with Crippen molar-refractivity contribution in [2.75, 3.05) is 13.1 Å². The van der Waals surface area contributed by atoms with E-state index in [1.807, 2.05) is 19.1 Å². The zero-order chi connectivity index (χ0) is 15.0. The normalized spacial score (nSPS) is 19.0. The summed E-state index contributed by atoms with van der Waals surface area (Å²) in [4.78, 5) is 17.9. The van der Waals surface area contributed by atoms with Gasteiger partial charge in [-0.25, -0.2) is 4.98 Å². The summed E-state index contributed by atoms with van der Waals surface area (Å²) >= 11 is 5.97. The lowest BCUT2D eigenvalue weighted by atomic mass is 9.96. The highest BCUT2D eigenvalue weighted by Crippen LogP contribution is 2.31. The Morgan fingerprint density at radius 2 is 2.19 bits per heavy atom. The number of nitrogens with zero attached hydrogens (tertiary/aromatic N) is 2. The van der Waals surface area contributed by atoms with Gasteiger partial charge in [0.05, 0.1) is 6.04 Å². The van der Waals surface area contributed by atoms with E-state index in [9.17, 15) is 4.79 Å². The first kappa shape index (κ1) is 14.4. The van der Waals surface area contributed by atoms with Gasteiger partial charge in [-0.1, -0.05) is 11.6 Å². The molecular formula is C15H18ClN3O2. The van der Waals surface area contributed by atoms with E-state index in [0.29, 0.717) is 5.02 Å². The summed E-state index contributed by atoms with van der Waals surface area (Å²) < 4.78 is 5.83. The standard InChI is InChI=1S/C15H18ClN3O2/c1-9(14(17)20)19-6-4-10(5-7-19)15-18-12-8-11(16)2-3-13(12)21-15/h2-3,8-10H,4-7H2,1H3,(H2,17,20)/t9-/m1/s1. The molecule has 1 saturated heterocycles. The molecule has 0 radical (unpaired) electrons. The van der Waals surface area contributed by atoms with Crippen LogP contribution in [0.3, 0.4) is 0 Å². The van der Waals surface area contributed by atoms with E-state index in [2.05, 4.69) is 9.88 Å². The maximum Gasteiger partial charge on any atom is 0.234 e. The smallest absolute Gasteiger partial charge is 0.234 e. The number of amides is 1. The van der Waals surface area contributed by atoms with Crippen LogP contribution in [0.25, 0.3) is 11.1 Å². The number of halogens is 1. The minimum Gasteiger partial charge on any atom is -0.440 e. The molecule has 2 heterocycles. The van der Waals surface area contributed by atoms with Crippen LogP contribution in [0.15, 0.2) is 22.6 Å². The zero-order valence-corrected chi connectivity index (χ0v) is 12.6. The second-order valence-electron chi connectivity index (χ2n) is 5.55. The van der Waals surface area contributed by atoms with Crippen LogP contribution >= 0.6 is 11.6 Å². The summed E-state index contributed by atoms with van der Waals surface area (Å²) in [6.07, 6.45) is 1.83. The van der Waals surface area contributed by atoms with E-state index < -0.39 is 0 Å². The number of nitrogens with two attached hydrogens (primary N) is 1. The number of piperidine rings is 1. The van der Waals surface area contributed by atoms with Crippen molar-refractivity contribution in [1.82, 2.24) is 9.88 Å². The van der Waals surface area contributed by atoms with Crippen molar-refractivity contribution in [3.63, 3.8) is 0 Å². The Morgan fingerprint density at radius 3 is 2.86 bits per heavy atom. The molecule has 1 aliphatic rings. The van der Waals surface area contributed by atoms with E-state index in [1.54, 1.807) is 6.07 Å².